The van der Waals surface area contributed by atoms with Gasteiger partial charge in [0.05, 0.1) is 6.33 Å². The highest BCUT2D eigenvalue weighted by Crippen LogP contribution is 2.26. The Bertz CT molecular complexity index is 638. The van der Waals surface area contributed by atoms with Gasteiger partial charge >= 0.3 is 0 Å². The first kappa shape index (κ1) is 15.5. The van der Waals surface area contributed by atoms with E-state index in [1.807, 2.05) is 19.1 Å². The van der Waals surface area contributed by atoms with Crippen LogP contribution in [0, 0.1) is 5.41 Å². The molecule has 1 aromatic heterocycles. The summed E-state index contributed by atoms with van der Waals surface area (Å²) in [4.78, 5) is 4.47. The van der Waals surface area contributed by atoms with Crippen LogP contribution in [0.1, 0.15) is 40.0 Å². The maximum absolute atomic E-state index is 12.5. The summed E-state index contributed by atoms with van der Waals surface area (Å²) >= 11 is 0. The molecule has 0 bridgehead atoms. The molecule has 114 valence electrons. The Morgan fingerprint density at radius 3 is 2.76 bits per heavy atom. The van der Waals surface area contributed by atoms with Gasteiger partial charge in [0.1, 0.15) is 17.9 Å². The van der Waals surface area contributed by atoms with E-state index in [2.05, 4.69) is 25.8 Å². The summed E-state index contributed by atoms with van der Waals surface area (Å²) in [5.41, 5.74) is 2.27. The van der Waals surface area contributed by atoms with E-state index in [0.29, 0.717) is 29.7 Å². The summed E-state index contributed by atoms with van der Waals surface area (Å²) in [6, 6.07) is 5.50. The van der Waals surface area contributed by atoms with E-state index in [-0.39, 0.29) is 12.0 Å². The molecule has 0 radical (unpaired) electrons. The number of hydrogen-bond donors (Lipinski definition) is 0. The molecule has 2 rings (SSSR count). The van der Waals surface area contributed by atoms with Gasteiger partial charge in [0.15, 0.2) is 11.5 Å². The van der Waals surface area contributed by atoms with Crippen LogP contribution < -0.4 is 4.74 Å². The SMILES string of the molecule is CC/C(=C\F)COc1ccc2nc(CC(C)(C)C)oc2c1. The molecule has 0 saturated heterocycles. The summed E-state index contributed by atoms with van der Waals surface area (Å²) in [6.45, 7) is 8.58. The normalized spacial score (nSPS) is 12.9. The molecule has 1 heterocycles. The standard InChI is InChI=1S/C17H22FNO2/c1-5-12(10-18)11-20-13-6-7-14-15(8-13)21-16(19-14)9-17(2,3)4/h6-8,10H,5,9,11H2,1-4H3/b12-10+. The van der Waals surface area contributed by atoms with Gasteiger partial charge in [0.25, 0.3) is 0 Å². The van der Waals surface area contributed by atoms with E-state index in [0.717, 1.165) is 17.8 Å². The minimum absolute atomic E-state index is 0.127. The molecule has 0 N–H and O–H groups in total. The summed E-state index contributed by atoms with van der Waals surface area (Å²) in [5.74, 6) is 1.39. The van der Waals surface area contributed by atoms with Crippen LogP contribution in [-0.2, 0) is 6.42 Å². The minimum Gasteiger partial charge on any atom is -0.489 e. The van der Waals surface area contributed by atoms with Crippen molar-refractivity contribution < 1.29 is 13.5 Å². The van der Waals surface area contributed by atoms with Crippen LogP contribution in [-0.4, -0.2) is 11.6 Å². The van der Waals surface area contributed by atoms with E-state index < -0.39 is 0 Å². The second kappa shape index (κ2) is 6.29. The number of fused-ring (bicyclic) bond motifs is 1. The maximum Gasteiger partial charge on any atom is 0.196 e. The van der Waals surface area contributed by atoms with Crippen LogP contribution in [0.4, 0.5) is 4.39 Å². The van der Waals surface area contributed by atoms with Crippen LogP contribution in [0.15, 0.2) is 34.5 Å². The van der Waals surface area contributed by atoms with E-state index >= 15 is 0 Å². The molecule has 0 amide bonds. The third kappa shape index (κ3) is 4.31. The van der Waals surface area contributed by atoms with Gasteiger partial charge in [-0.3, -0.25) is 0 Å². The van der Waals surface area contributed by atoms with E-state index in [1.54, 1.807) is 6.07 Å². The fourth-order valence-corrected chi connectivity index (χ4v) is 1.96. The van der Waals surface area contributed by atoms with Gasteiger partial charge in [-0.2, -0.15) is 0 Å². The number of halogens is 1. The topological polar surface area (TPSA) is 35.3 Å². The monoisotopic (exact) mass is 291 g/mol. The third-order valence-electron chi connectivity index (χ3n) is 3.12. The van der Waals surface area contributed by atoms with Gasteiger partial charge in [0.2, 0.25) is 0 Å². The van der Waals surface area contributed by atoms with Crippen molar-refractivity contribution in [1.82, 2.24) is 4.98 Å². The highest BCUT2D eigenvalue weighted by molar-refractivity contribution is 5.74. The number of oxazole rings is 1. The zero-order chi connectivity index (χ0) is 15.5. The van der Waals surface area contributed by atoms with Crippen molar-refractivity contribution in [3.63, 3.8) is 0 Å². The molecular weight excluding hydrogens is 269 g/mol. The second-order valence-corrected chi connectivity index (χ2v) is 6.38. The zero-order valence-corrected chi connectivity index (χ0v) is 13.1. The predicted octanol–water partition coefficient (Wildman–Crippen LogP) is 5.06. The van der Waals surface area contributed by atoms with Crippen molar-refractivity contribution >= 4 is 11.1 Å². The summed E-state index contributed by atoms with van der Waals surface area (Å²) in [5, 5.41) is 0. The van der Waals surface area contributed by atoms with Crippen LogP contribution in [0.3, 0.4) is 0 Å². The summed E-state index contributed by atoms with van der Waals surface area (Å²) < 4.78 is 23.8. The molecule has 0 spiro atoms. The van der Waals surface area contributed by atoms with Crippen LogP contribution >= 0.6 is 0 Å². The fraction of sp³-hybridized carbons (Fsp3) is 0.471. The molecule has 0 fully saturated rings. The average molecular weight is 291 g/mol. The molecule has 21 heavy (non-hydrogen) atoms. The van der Waals surface area contributed by atoms with Gasteiger partial charge in [-0.25, -0.2) is 9.37 Å². The molecule has 4 heteroatoms. The number of benzene rings is 1. The first-order chi connectivity index (χ1) is 9.91. The Morgan fingerprint density at radius 2 is 2.14 bits per heavy atom. The number of aromatic nitrogens is 1. The van der Waals surface area contributed by atoms with Gasteiger partial charge < -0.3 is 9.15 Å². The molecule has 0 unspecified atom stereocenters. The maximum atomic E-state index is 12.5. The molecule has 0 aliphatic rings. The van der Waals surface area contributed by atoms with E-state index in [4.69, 9.17) is 9.15 Å². The Balaban J connectivity index is 2.14. The van der Waals surface area contributed by atoms with Crippen LogP contribution in [0.25, 0.3) is 11.1 Å². The molecule has 3 nitrogen and oxygen atoms in total. The first-order valence-corrected chi connectivity index (χ1v) is 7.21. The molecule has 0 atom stereocenters. The van der Waals surface area contributed by atoms with Crippen molar-refractivity contribution in [2.45, 2.75) is 40.5 Å². The van der Waals surface area contributed by atoms with Gasteiger partial charge in [-0.1, -0.05) is 27.7 Å². The largest absolute Gasteiger partial charge is 0.489 e. The van der Waals surface area contributed by atoms with Crippen molar-refractivity contribution in [3.05, 3.63) is 36.0 Å². The van der Waals surface area contributed by atoms with Crippen molar-refractivity contribution in [2.24, 2.45) is 5.41 Å². The van der Waals surface area contributed by atoms with Gasteiger partial charge in [0, 0.05) is 12.5 Å². The van der Waals surface area contributed by atoms with Crippen LogP contribution in [0.5, 0.6) is 5.75 Å². The van der Waals surface area contributed by atoms with Crippen molar-refractivity contribution in [1.29, 1.82) is 0 Å². The Morgan fingerprint density at radius 1 is 1.38 bits per heavy atom. The molecular formula is C17H22FNO2. The molecule has 2 aromatic rings. The Hall–Kier alpha value is -1.84. The summed E-state index contributed by atoms with van der Waals surface area (Å²) in [7, 11) is 0. The van der Waals surface area contributed by atoms with Crippen molar-refractivity contribution in [3.8, 4) is 5.75 Å². The van der Waals surface area contributed by atoms with E-state index in [1.165, 1.54) is 0 Å². The lowest BCUT2D eigenvalue weighted by atomic mass is 9.92. The first-order valence-electron chi connectivity index (χ1n) is 7.21. The lowest BCUT2D eigenvalue weighted by molar-refractivity contribution is 0.344. The van der Waals surface area contributed by atoms with Gasteiger partial charge in [-0.05, 0) is 29.5 Å². The Kier molecular flexibility index (Phi) is 4.66. The van der Waals surface area contributed by atoms with E-state index in [9.17, 15) is 4.39 Å². The second-order valence-electron chi connectivity index (χ2n) is 6.38. The molecule has 1 aromatic carbocycles. The number of ether oxygens (including phenoxy) is 1. The quantitative estimate of drug-likeness (QED) is 0.772. The smallest absolute Gasteiger partial charge is 0.196 e. The highest BCUT2D eigenvalue weighted by Gasteiger charge is 2.16. The number of hydrogen-bond acceptors (Lipinski definition) is 3. The zero-order valence-electron chi connectivity index (χ0n) is 13.1. The summed E-state index contributed by atoms with van der Waals surface area (Å²) in [6.07, 6.45) is 2.02. The van der Waals surface area contributed by atoms with Crippen LogP contribution in [0.2, 0.25) is 0 Å². The minimum atomic E-state index is 0.127. The van der Waals surface area contributed by atoms with Crippen molar-refractivity contribution in [2.75, 3.05) is 6.61 Å². The Labute approximate surface area is 124 Å². The number of nitrogens with zero attached hydrogens (tertiary/aromatic N) is 1. The molecule has 0 aliphatic heterocycles. The molecule has 0 saturated carbocycles. The average Bonchev–Trinajstić information content (AvgIpc) is 2.78. The molecule has 0 aliphatic carbocycles. The predicted molar refractivity (Wildman–Crippen MR) is 82.1 cm³/mol. The lowest BCUT2D eigenvalue weighted by Crippen LogP contribution is -2.09. The lowest BCUT2D eigenvalue weighted by Gasteiger charge is -2.14. The fourth-order valence-electron chi connectivity index (χ4n) is 1.96. The highest BCUT2D eigenvalue weighted by atomic mass is 19.1. The third-order valence-corrected chi connectivity index (χ3v) is 3.12. The van der Waals surface area contributed by atoms with Gasteiger partial charge in [-0.15, -0.1) is 0 Å². The number of rotatable bonds is 5.